The Balaban J connectivity index is 3.29. The van der Waals surface area contributed by atoms with Crippen molar-refractivity contribution < 1.29 is 13.2 Å². The summed E-state index contributed by atoms with van der Waals surface area (Å²) < 4.78 is 26.5. The molecule has 5 nitrogen and oxygen atoms in total. The van der Waals surface area contributed by atoms with Gasteiger partial charge in [0.1, 0.15) is 0 Å². The van der Waals surface area contributed by atoms with Gasteiger partial charge in [0.05, 0.1) is 11.9 Å². The van der Waals surface area contributed by atoms with Crippen LogP contribution in [0.1, 0.15) is 77.3 Å². The molecule has 0 saturated heterocycles. The molecular formula is C20H34N2O3S. The van der Waals surface area contributed by atoms with Crippen molar-refractivity contribution in [1.82, 2.24) is 5.32 Å². The van der Waals surface area contributed by atoms with Crippen LogP contribution in [0.25, 0.3) is 0 Å². The van der Waals surface area contributed by atoms with E-state index in [9.17, 15) is 13.2 Å². The Hall–Kier alpha value is -1.56. The molecule has 6 heteroatoms. The normalized spacial score (nSPS) is 13.1. The second-order valence-electron chi connectivity index (χ2n) is 7.56. The van der Waals surface area contributed by atoms with Gasteiger partial charge in [-0.25, -0.2) is 8.42 Å². The van der Waals surface area contributed by atoms with Crippen molar-refractivity contribution >= 4 is 21.6 Å². The molecule has 0 aromatic heterocycles. The van der Waals surface area contributed by atoms with E-state index in [-0.39, 0.29) is 36.8 Å². The second kappa shape index (κ2) is 9.40. The summed E-state index contributed by atoms with van der Waals surface area (Å²) >= 11 is 0. The van der Waals surface area contributed by atoms with Crippen molar-refractivity contribution in [2.24, 2.45) is 0 Å². The minimum absolute atomic E-state index is 0.0864. The number of nitrogens with zero attached hydrogens (tertiary/aromatic N) is 1. The number of carbonyl (C=O) groups excluding carboxylic acids is 1. The van der Waals surface area contributed by atoms with Gasteiger partial charge in [0.25, 0.3) is 0 Å². The first-order chi connectivity index (χ1) is 12.0. The monoisotopic (exact) mass is 382 g/mol. The number of sulfonamides is 1. The second-order valence-corrected chi connectivity index (χ2v) is 9.46. The summed E-state index contributed by atoms with van der Waals surface area (Å²) in [7, 11) is -3.51. The molecule has 0 heterocycles. The van der Waals surface area contributed by atoms with Crippen LogP contribution in [0, 0.1) is 0 Å². The predicted molar refractivity (Wildman–Crippen MR) is 109 cm³/mol. The van der Waals surface area contributed by atoms with E-state index in [1.54, 1.807) is 0 Å². The lowest BCUT2D eigenvalue weighted by Gasteiger charge is -2.30. The van der Waals surface area contributed by atoms with Crippen LogP contribution in [0.5, 0.6) is 0 Å². The van der Waals surface area contributed by atoms with Crippen LogP contribution in [-0.4, -0.2) is 33.2 Å². The molecule has 1 aromatic rings. The molecule has 0 aliphatic rings. The zero-order chi connectivity index (χ0) is 20.1. The van der Waals surface area contributed by atoms with Gasteiger partial charge < -0.3 is 5.32 Å². The Morgan fingerprint density at radius 2 is 1.58 bits per heavy atom. The molecule has 1 N–H and O–H groups in total. The van der Waals surface area contributed by atoms with Gasteiger partial charge in [0.15, 0.2) is 0 Å². The minimum Gasteiger partial charge on any atom is -0.354 e. The van der Waals surface area contributed by atoms with Crippen LogP contribution >= 0.6 is 0 Å². The van der Waals surface area contributed by atoms with Gasteiger partial charge in [0.2, 0.25) is 15.9 Å². The first-order valence-corrected chi connectivity index (χ1v) is 11.2. The Kier molecular flexibility index (Phi) is 8.13. The summed E-state index contributed by atoms with van der Waals surface area (Å²) in [6, 6.07) is 6.01. The zero-order valence-corrected chi connectivity index (χ0v) is 18.0. The van der Waals surface area contributed by atoms with Gasteiger partial charge in [-0.15, -0.1) is 0 Å². The highest BCUT2D eigenvalue weighted by molar-refractivity contribution is 7.92. The molecule has 0 radical (unpaired) electrons. The summed E-state index contributed by atoms with van der Waals surface area (Å²) in [6.45, 7) is 12.3. The maximum Gasteiger partial charge on any atom is 0.232 e. The van der Waals surface area contributed by atoms with Crippen LogP contribution < -0.4 is 9.62 Å². The molecule has 1 rings (SSSR count). The van der Waals surface area contributed by atoms with E-state index < -0.39 is 10.0 Å². The fourth-order valence-corrected chi connectivity index (χ4v) is 3.86. The van der Waals surface area contributed by atoms with Gasteiger partial charge in [0, 0.05) is 19.0 Å². The molecule has 0 spiro atoms. The van der Waals surface area contributed by atoms with E-state index >= 15 is 0 Å². The molecule has 0 bridgehead atoms. The fraction of sp³-hybridized carbons (Fsp3) is 0.650. The first kappa shape index (κ1) is 22.5. The lowest BCUT2D eigenvalue weighted by molar-refractivity contribution is -0.121. The summed E-state index contributed by atoms with van der Waals surface area (Å²) in [4.78, 5) is 12.2. The minimum atomic E-state index is -3.51. The number of para-hydroxylation sites is 1. The smallest absolute Gasteiger partial charge is 0.232 e. The highest BCUT2D eigenvalue weighted by Gasteiger charge is 2.26. The van der Waals surface area contributed by atoms with Crippen molar-refractivity contribution in [3.63, 3.8) is 0 Å². The SMILES string of the molecule is CCC(C)NC(=O)CCN(c1c(C(C)C)cccc1C(C)C)S(C)(=O)=O. The molecule has 0 aliphatic carbocycles. The quantitative estimate of drug-likeness (QED) is 0.702. The number of amides is 1. The summed E-state index contributed by atoms with van der Waals surface area (Å²) in [5.41, 5.74) is 2.71. The summed E-state index contributed by atoms with van der Waals surface area (Å²) in [5.74, 6) is 0.241. The highest BCUT2D eigenvalue weighted by atomic mass is 32.2. The number of nitrogens with one attached hydrogen (secondary N) is 1. The summed E-state index contributed by atoms with van der Waals surface area (Å²) in [6.07, 6.45) is 2.19. The van der Waals surface area contributed by atoms with Crippen LogP contribution in [0.15, 0.2) is 18.2 Å². The van der Waals surface area contributed by atoms with Gasteiger partial charge in [-0.2, -0.15) is 0 Å². The maximum atomic E-state index is 12.6. The predicted octanol–water partition coefficient (Wildman–Crippen LogP) is 4.00. The zero-order valence-electron chi connectivity index (χ0n) is 17.2. The van der Waals surface area contributed by atoms with Gasteiger partial charge >= 0.3 is 0 Å². The van der Waals surface area contributed by atoms with E-state index in [0.717, 1.165) is 23.2 Å². The number of rotatable bonds is 9. The number of carbonyl (C=O) groups is 1. The standard InChI is InChI=1S/C20H34N2O3S/c1-8-16(6)21-19(23)12-13-22(26(7,24)25)20-17(14(2)3)10-9-11-18(20)15(4)5/h9-11,14-16H,8,12-13H2,1-7H3,(H,21,23). The largest absolute Gasteiger partial charge is 0.354 e. The van der Waals surface area contributed by atoms with E-state index in [1.807, 2.05) is 32.0 Å². The highest BCUT2D eigenvalue weighted by Crippen LogP contribution is 2.36. The lowest BCUT2D eigenvalue weighted by Crippen LogP contribution is -2.38. The van der Waals surface area contributed by atoms with E-state index in [4.69, 9.17) is 0 Å². The number of hydrogen-bond acceptors (Lipinski definition) is 3. The molecular weight excluding hydrogens is 348 g/mol. The molecule has 0 aliphatic heterocycles. The van der Waals surface area contributed by atoms with Gasteiger partial charge in [-0.1, -0.05) is 52.8 Å². The molecule has 0 fully saturated rings. The molecule has 26 heavy (non-hydrogen) atoms. The molecule has 1 atom stereocenters. The molecule has 1 amide bonds. The van der Waals surface area contributed by atoms with Crippen LogP contribution in [0.4, 0.5) is 5.69 Å². The van der Waals surface area contributed by atoms with E-state index in [1.165, 1.54) is 10.6 Å². The van der Waals surface area contributed by atoms with Crippen LogP contribution in [0.3, 0.4) is 0 Å². The third-order valence-electron chi connectivity index (χ3n) is 4.55. The Morgan fingerprint density at radius 3 is 1.96 bits per heavy atom. The Bertz CT molecular complexity index is 686. The first-order valence-electron chi connectivity index (χ1n) is 9.38. The van der Waals surface area contributed by atoms with Gasteiger partial charge in [-0.05, 0) is 36.3 Å². The molecule has 1 aromatic carbocycles. The molecule has 1 unspecified atom stereocenters. The van der Waals surface area contributed by atoms with Crippen LogP contribution in [-0.2, 0) is 14.8 Å². The lowest BCUT2D eigenvalue weighted by atomic mass is 9.92. The fourth-order valence-electron chi connectivity index (χ4n) is 2.90. The maximum absolute atomic E-state index is 12.6. The van der Waals surface area contributed by atoms with E-state index in [0.29, 0.717) is 0 Å². The van der Waals surface area contributed by atoms with Crippen LogP contribution in [0.2, 0.25) is 0 Å². The van der Waals surface area contributed by atoms with Crippen molar-refractivity contribution in [1.29, 1.82) is 0 Å². The van der Waals surface area contributed by atoms with Gasteiger partial charge in [-0.3, -0.25) is 9.10 Å². The number of anilines is 1. The van der Waals surface area contributed by atoms with Crippen molar-refractivity contribution in [2.45, 2.75) is 72.3 Å². The third-order valence-corrected chi connectivity index (χ3v) is 5.72. The Morgan fingerprint density at radius 1 is 1.08 bits per heavy atom. The number of benzene rings is 1. The molecule has 148 valence electrons. The summed E-state index contributed by atoms with van der Waals surface area (Å²) in [5, 5.41) is 2.90. The topological polar surface area (TPSA) is 66.5 Å². The van der Waals surface area contributed by atoms with E-state index in [2.05, 4.69) is 33.0 Å². The molecule has 0 saturated carbocycles. The average molecular weight is 383 g/mol. The average Bonchev–Trinajstić information content (AvgIpc) is 2.53. The third kappa shape index (κ3) is 6.01. The number of hydrogen-bond donors (Lipinski definition) is 1. The van der Waals surface area contributed by atoms with Crippen molar-refractivity contribution in [3.8, 4) is 0 Å². The van der Waals surface area contributed by atoms with Crippen molar-refractivity contribution in [2.75, 3.05) is 17.1 Å². The Labute approximate surface area is 159 Å². The van der Waals surface area contributed by atoms with Crippen molar-refractivity contribution in [3.05, 3.63) is 29.3 Å².